The number of nitrogens with zero attached hydrogens (tertiary/aromatic N) is 1. The molecule has 2 rings (SSSR count). The first kappa shape index (κ1) is 15.2. The van der Waals surface area contributed by atoms with Crippen LogP contribution in [0, 0.1) is 17.0 Å². The van der Waals surface area contributed by atoms with Gasteiger partial charge in [0, 0.05) is 12.6 Å². The van der Waals surface area contributed by atoms with Crippen molar-refractivity contribution in [2.24, 2.45) is 0 Å². The Hall–Kier alpha value is -2.21. The second-order valence-corrected chi connectivity index (χ2v) is 5.36. The minimum absolute atomic E-state index is 0.127. The number of rotatable bonds is 4. The molecular formula is C15H13BrN2O3. The minimum atomic E-state index is -0.527. The van der Waals surface area contributed by atoms with Gasteiger partial charge >= 0.3 is 0 Å². The van der Waals surface area contributed by atoms with Crippen LogP contribution in [-0.4, -0.2) is 10.8 Å². The highest BCUT2D eigenvalue weighted by Crippen LogP contribution is 2.28. The van der Waals surface area contributed by atoms with Gasteiger partial charge in [-0.2, -0.15) is 0 Å². The predicted molar refractivity (Wildman–Crippen MR) is 83.1 cm³/mol. The van der Waals surface area contributed by atoms with E-state index in [9.17, 15) is 14.9 Å². The van der Waals surface area contributed by atoms with Crippen molar-refractivity contribution < 1.29 is 9.72 Å². The van der Waals surface area contributed by atoms with E-state index in [0.29, 0.717) is 6.54 Å². The van der Waals surface area contributed by atoms with Crippen molar-refractivity contribution >= 4 is 27.5 Å². The Morgan fingerprint density at radius 1 is 1.24 bits per heavy atom. The third-order valence-electron chi connectivity index (χ3n) is 2.99. The van der Waals surface area contributed by atoms with Gasteiger partial charge < -0.3 is 5.32 Å². The highest BCUT2D eigenvalue weighted by atomic mass is 79.9. The standard InChI is InChI=1S/C15H13BrN2O3/c1-10-5-7-11(8-6-10)9-17-15(19)12-3-2-4-13(14(12)16)18(20)21/h2-8H,9H2,1H3,(H,17,19). The molecule has 0 aliphatic rings. The zero-order valence-electron chi connectivity index (χ0n) is 11.3. The maximum absolute atomic E-state index is 12.1. The Labute approximate surface area is 130 Å². The molecule has 1 N–H and O–H groups in total. The number of nitro groups is 1. The van der Waals surface area contributed by atoms with E-state index >= 15 is 0 Å². The van der Waals surface area contributed by atoms with E-state index < -0.39 is 4.92 Å². The number of aryl methyl sites for hydroxylation is 1. The van der Waals surface area contributed by atoms with Crippen LogP contribution in [0.5, 0.6) is 0 Å². The van der Waals surface area contributed by atoms with Crippen LogP contribution in [0.25, 0.3) is 0 Å². The van der Waals surface area contributed by atoms with Gasteiger partial charge in [0.2, 0.25) is 0 Å². The Morgan fingerprint density at radius 3 is 2.52 bits per heavy atom. The average Bonchev–Trinajstić information content (AvgIpc) is 2.46. The molecule has 0 aromatic heterocycles. The van der Waals surface area contributed by atoms with Crippen LogP contribution in [-0.2, 0) is 6.54 Å². The minimum Gasteiger partial charge on any atom is -0.348 e. The van der Waals surface area contributed by atoms with Gasteiger partial charge in [-0.25, -0.2) is 0 Å². The van der Waals surface area contributed by atoms with Crippen molar-refractivity contribution in [1.82, 2.24) is 5.32 Å². The molecule has 1 amide bonds. The number of nitrogens with one attached hydrogen (secondary N) is 1. The number of hydrogen-bond donors (Lipinski definition) is 1. The van der Waals surface area contributed by atoms with E-state index in [0.717, 1.165) is 11.1 Å². The van der Waals surface area contributed by atoms with Crippen LogP contribution in [0.2, 0.25) is 0 Å². The quantitative estimate of drug-likeness (QED) is 0.677. The van der Waals surface area contributed by atoms with Crippen molar-refractivity contribution in [2.45, 2.75) is 13.5 Å². The highest BCUT2D eigenvalue weighted by Gasteiger charge is 2.19. The molecule has 0 spiro atoms. The molecule has 2 aromatic rings. The van der Waals surface area contributed by atoms with Crippen molar-refractivity contribution in [3.05, 3.63) is 73.7 Å². The zero-order chi connectivity index (χ0) is 15.4. The monoisotopic (exact) mass is 348 g/mol. The van der Waals surface area contributed by atoms with Crippen LogP contribution in [0.3, 0.4) is 0 Å². The number of nitro benzene ring substituents is 1. The van der Waals surface area contributed by atoms with Crippen molar-refractivity contribution in [2.75, 3.05) is 0 Å². The first-order valence-corrected chi connectivity index (χ1v) is 7.05. The molecule has 5 nitrogen and oxygen atoms in total. The summed E-state index contributed by atoms with van der Waals surface area (Å²) in [6.07, 6.45) is 0. The molecule has 2 aromatic carbocycles. The normalized spacial score (nSPS) is 10.2. The SMILES string of the molecule is Cc1ccc(CNC(=O)c2cccc([N+](=O)[O-])c2Br)cc1. The summed E-state index contributed by atoms with van der Waals surface area (Å²) in [5.74, 6) is -0.355. The number of hydrogen-bond acceptors (Lipinski definition) is 3. The predicted octanol–water partition coefficient (Wildman–Crippen LogP) is 3.60. The van der Waals surface area contributed by atoms with Crippen LogP contribution in [0.1, 0.15) is 21.5 Å². The molecule has 0 aliphatic carbocycles. The average molecular weight is 349 g/mol. The summed E-state index contributed by atoms with van der Waals surface area (Å²) in [6, 6.07) is 12.2. The molecule has 108 valence electrons. The summed E-state index contributed by atoms with van der Waals surface area (Å²) in [6.45, 7) is 2.36. The summed E-state index contributed by atoms with van der Waals surface area (Å²) in [5.41, 5.74) is 2.23. The van der Waals surface area contributed by atoms with E-state index in [2.05, 4.69) is 21.2 Å². The lowest BCUT2D eigenvalue weighted by Gasteiger charge is -2.07. The molecular weight excluding hydrogens is 336 g/mol. The molecule has 0 unspecified atom stereocenters. The van der Waals surface area contributed by atoms with E-state index in [1.165, 1.54) is 12.1 Å². The Morgan fingerprint density at radius 2 is 1.90 bits per heavy atom. The summed E-state index contributed by atoms with van der Waals surface area (Å²) >= 11 is 3.12. The van der Waals surface area contributed by atoms with E-state index in [1.807, 2.05) is 31.2 Å². The maximum atomic E-state index is 12.1. The van der Waals surface area contributed by atoms with Gasteiger partial charge in [0.1, 0.15) is 4.47 Å². The van der Waals surface area contributed by atoms with Crippen molar-refractivity contribution in [3.63, 3.8) is 0 Å². The molecule has 6 heteroatoms. The fraction of sp³-hybridized carbons (Fsp3) is 0.133. The fourth-order valence-corrected chi connectivity index (χ4v) is 2.41. The van der Waals surface area contributed by atoms with Gasteiger partial charge in [0.25, 0.3) is 11.6 Å². The van der Waals surface area contributed by atoms with Crippen LogP contribution in [0.15, 0.2) is 46.9 Å². The number of carbonyl (C=O) groups excluding carboxylic acids is 1. The molecule has 0 heterocycles. The number of carbonyl (C=O) groups is 1. The molecule has 0 bridgehead atoms. The third kappa shape index (κ3) is 3.66. The van der Waals surface area contributed by atoms with Gasteiger partial charge in [0.15, 0.2) is 0 Å². The van der Waals surface area contributed by atoms with Crippen LogP contribution in [0.4, 0.5) is 5.69 Å². The maximum Gasteiger partial charge on any atom is 0.284 e. The fourth-order valence-electron chi connectivity index (χ4n) is 1.82. The second kappa shape index (κ2) is 6.49. The zero-order valence-corrected chi connectivity index (χ0v) is 12.9. The van der Waals surface area contributed by atoms with Crippen LogP contribution < -0.4 is 5.32 Å². The molecule has 0 saturated carbocycles. The number of halogens is 1. The topological polar surface area (TPSA) is 72.2 Å². The van der Waals surface area contributed by atoms with E-state index in [4.69, 9.17) is 0 Å². The van der Waals surface area contributed by atoms with E-state index in [1.54, 1.807) is 6.07 Å². The van der Waals surface area contributed by atoms with Gasteiger partial charge in [-0.05, 0) is 34.5 Å². The smallest absolute Gasteiger partial charge is 0.284 e. The van der Waals surface area contributed by atoms with Gasteiger partial charge in [0.05, 0.1) is 10.5 Å². The van der Waals surface area contributed by atoms with Gasteiger partial charge in [-0.1, -0.05) is 35.9 Å². The lowest BCUT2D eigenvalue weighted by Crippen LogP contribution is -2.23. The molecule has 21 heavy (non-hydrogen) atoms. The lowest BCUT2D eigenvalue weighted by atomic mass is 10.1. The first-order chi connectivity index (χ1) is 9.99. The molecule has 0 saturated heterocycles. The largest absolute Gasteiger partial charge is 0.348 e. The summed E-state index contributed by atoms with van der Waals surface area (Å²) < 4.78 is 0.191. The summed E-state index contributed by atoms with van der Waals surface area (Å²) in [4.78, 5) is 22.4. The number of benzene rings is 2. The molecule has 0 aliphatic heterocycles. The lowest BCUT2D eigenvalue weighted by molar-refractivity contribution is -0.385. The summed E-state index contributed by atoms with van der Waals surface area (Å²) in [7, 11) is 0. The first-order valence-electron chi connectivity index (χ1n) is 6.25. The highest BCUT2D eigenvalue weighted by molar-refractivity contribution is 9.10. The van der Waals surface area contributed by atoms with Crippen molar-refractivity contribution in [3.8, 4) is 0 Å². The summed E-state index contributed by atoms with van der Waals surface area (Å²) in [5, 5.41) is 13.6. The van der Waals surface area contributed by atoms with Gasteiger partial charge in [-0.3, -0.25) is 14.9 Å². The third-order valence-corrected chi connectivity index (χ3v) is 3.83. The second-order valence-electron chi connectivity index (χ2n) is 4.56. The van der Waals surface area contributed by atoms with Crippen molar-refractivity contribution in [1.29, 1.82) is 0 Å². The molecule has 0 fully saturated rings. The number of amides is 1. The Kier molecular flexibility index (Phi) is 4.70. The van der Waals surface area contributed by atoms with Gasteiger partial charge in [-0.15, -0.1) is 0 Å². The molecule has 0 atom stereocenters. The Bertz CT molecular complexity index is 684. The molecule has 0 radical (unpaired) electrons. The van der Waals surface area contributed by atoms with E-state index in [-0.39, 0.29) is 21.6 Å². The Balaban J connectivity index is 2.12. The van der Waals surface area contributed by atoms with Crippen LogP contribution >= 0.6 is 15.9 Å².